The van der Waals surface area contributed by atoms with E-state index in [-0.39, 0.29) is 17.1 Å². The summed E-state index contributed by atoms with van der Waals surface area (Å²) in [6, 6.07) is 0.692. The quantitative estimate of drug-likeness (QED) is 0.848. The van der Waals surface area contributed by atoms with Crippen molar-refractivity contribution in [2.24, 2.45) is 7.05 Å². The normalized spacial score (nSPS) is 22.1. The molecule has 1 amide bonds. The lowest BCUT2D eigenvalue weighted by molar-refractivity contribution is -0.141. The Bertz CT molecular complexity index is 581. The molecule has 1 aliphatic heterocycles. The third-order valence-corrected chi connectivity index (χ3v) is 4.59. The van der Waals surface area contributed by atoms with Crippen LogP contribution < -0.4 is 0 Å². The minimum Gasteiger partial charge on any atom is -0.480 e. The molecule has 1 aromatic heterocycles. The predicted molar refractivity (Wildman–Crippen MR) is 74.9 cm³/mol. The van der Waals surface area contributed by atoms with Gasteiger partial charge in [-0.25, -0.2) is 4.79 Å². The molecule has 2 rings (SSSR count). The highest BCUT2D eigenvalue weighted by Crippen LogP contribution is 2.30. The maximum absolute atomic E-state index is 12.5. The summed E-state index contributed by atoms with van der Waals surface area (Å²) < 4.78 is 1.56. The fourth-order valence-corrected chi connectivity index (χ4v) is 3.41. The Balaban J connectivity index is 2.35. The molecule has 0 bridgehead atoms. The van der Waals surface area contributed by atoms with Gasteiger partial charge in [0.1, 0.15) is 11.7 Å². The van der Waals surface area contributed by atoms with Crippen LogP contribution in [-0.4, -0.2) is 49.4 Å². The number of rotatable bonds is 3. The SMILES string of the molecule is CC(=O)c1cc(C(=O)N2C(C)SCC2C(=O)O)n(C)c1. The van der Waals surface area contributed by atoms with Crippen molar-refractivity contribution in [1.82, 2.24) is 9.47 Å². The summed E-state index contributed by atoms with van der Waals surface area (Å²) in [6.45, 7) is 3.23. The average Bonchev–Trinajstić information content (AvgIpc) is 2.92. The number of nitrogens with zero attached hydrogens (tertiary/aromatic N) is 2. The lowest BCUT2D eigenvalue weighted by Crippen LogP contribution is -2.45. The van der Waals surface area contributed by atoms with E-state index < -0.39 is 12.0 Å². The van der Waals surface area contributed by atoms with Crippen LogP contribution in [0.3, 0.4) is 0 Å². The number of thioether (sulfide) groups is 1. The molecule has 6 nitrogen and oxygen atoms in total. The smallest absolute Gasteiger partial charge is 0.327 e. The minimum absolute atomic E-state index is 0.127. The largest absolute Gasteiger partial charge is 0.480 e. The molecular formula is C13H16N2O4S. The van der Waals surface area contributed by atoms with Crippen molar-refractivity contribution in [3.05, 3.63) is 23.5 Å². The van der Waals surface area contributed by atoms with Gasteiger partial charge in [-0.1, -0.05) is 0 Å². The first-order valence-corrected chi connectivity index (χ1v) is 7.22. The molecule has 0 aliphatic carbocycles. The van der Waals surface area contributed by atoms with E-state index in [0.29, 0.717) is 17.0 Å². The number of hydrogen-bond donors (Lipinski definition) is 1. The molecule has 7 heteroatoms. The predicted octanol–water partition coefficient (Wildman–Crippen LogP) is 1.22. The molecule has 0 saturated carbocycles. The Hall–Kier alpha value is -1.76. The number of carbonyl (C=O) groups excluding carboxylic acids is 2. The van der Waals surface area contributed by atoms with Gasteiger partial charge in [-0.2, -0.15) is 0 Å². The fraction of sp³-hybridized carbons (Fsp3) is 0.462. The van der Waals surface area contributed by atoms with E-state index in [4.69, 9.17) is 0 Å². The maximum Gasteiger partial charge on any atom is 0.327 e. The number of aryl methyl sites for hydroxylation is 1. The second-order valence-electron chi connectivity index (χ2n) is 4.78. The second kappa shape index (κ2) is 5.32. The summed E-state index contributed by atoms with van der Waals surface area (Å²) in [4.78, 5) is 36.5. The molecule has 1 saturated heterocycles. The number of amides is 1. The van der Waals surface area contributed by atoms with Gasteiger partial charge < -0.3 is 14.6 Å². The Morgan fingerprint density at radius 3 is 2.55 bits per heavy atom. The van der Waals surface area contributed by atoms with Gasteiger partial charge in [0.05, 0.1) is 5.37 Å². The summed E-state index contributed by atoms with van der Waals surface area (Å²) >= 11 is 1.43. The van der Waals surface area contributed by atoms with Crippen molar-refractivity contribution in [3.63, 3.8) is 0 Å². The molecular weight excluding hydrogens is 280 g/mol. The molecule has 1 aromatic rings. The van der Waals surface area contributed by atoms with Crippen molar-refractivity contribution in [3.8, 4) is 0 Å². The monoisotopic (exact) mass is 296 g/mol. The molecule has 2 heterocycles. The number of ketones is 1. The zero-order valence-electron chi connectivity index (χ0n) is 11.5. The van der Waals surface area contributed by atoms with Crippen LogP contribution in [0.5, 0.6) is 0 Å². The molecule has 0 radical (unpaired) electrons. The van der Waals surface area contributed by atoms with Gasteiger partial charge >= 0.3 is 5.97 Å². The van der Waals surface area contributed by atoms with Crippen LogP contribution in [0, 0.1) is 0 Å². The van der Waals surface area contributed by atoms with E-state index in [1.54, 1.807) is 24.7 Å². The molecule has 0 aromatic carbocycles. The van der Waals surface area contributed by atoms with Crippen molar-refractivity contribution < 1.29 is 19.5 Å². The van der Waals surface area contributed by atoms with Gasteiger partial charge in [-0.3, -0.25) is 9.59 Å². The van der Waals surface area contributed by atoms with Crippen LogP contribution in [0.15, 0.2) is 12.3 Å². The van der Waals surface area contributed by atoms with E-state index >= 15 is 0 Å². The van der Waals surface area contributed by atoms with Gasteiger partial charge in [-0.15, -0.1) is 11.8 Å². The summed E-state index contributed by atoms with van der Waals surface area (Å²) in [5.41, 5.74) is 0.776. The molecule has 20 heavy (non-hydrogen) atoms. The first kappa shape index (κ1) is 14.6. The number of aliphatic carboxylic acids is 1. The highest BCUT2D eigenvalue weighted by Gasteiger charge is 2.40. The summed E-state index contributed by atoms with van der Waals surface area (Å²) in [5.74, 6) is -1.11. The zero-order chi connectivity index (χ0) is 15.0. The number of carboxylic acid groups (broad SMARTS) is 1. The van der Waals surface area contributed by atoms with Crippen LogP contribution in [0.1, 0.15) is 34.7 Å². The van der Waals surface area contributed by atoms with Crippen LogP contribution in [0.25, 0.3) is 0 Å². The van der Waals surface area contributed by atoms with E-state index in [2.05, 4.69) is 0 Å². The first-order chi connectivity index (χ1) is 9.32. The van der Waals surface area contributed by atoms with Gasteiger partial charge in [0, 0.05) is 24.6 Å². The average molecular weight is 296 g/mol. The van der Waals surface area contributed by atoms with Crippen LogP contribution in [-0.2, 0) is 11.8 Å². The molecule has 108 valence electrons. The van der Waals surface area contributed by atoms with E-state index in [1.807, 2.05) is 0 Å². The Morgan fingerprint density at radius 2 is 2.05 bits per heavy atom. The Morgan fingerprint density at radius 1 is 1.40 bits per heavy atom. The second-order valence-corrected chi connectivity index (χ2v) is 6.13. The summed E-state index contributed by atoms with van der Waals surface area (Å²) in [5, 5.41) is 9.00. The molecule has 2 unspecified atom stereocenters. The van der Waals surface area contributed by atoms with Crippen molar-refractivity contribution >= 4 is 29.4 Å². The highest BCUT2D eigenvalue weighted by atomic mass is 32.2. The summed E-state index contributed by atoms with van der Waals surface area (Å²) in [7, 11) is 1.67. The van der Waals surface area contributed by atoms with E-state index in [0.717, 1.165) is 0 Å². The highest BCUT2D eigenvalue weighted by molar-refractivity contribution is 8.00. The van der Waals surface area contributed by atoms with Crippen molar-refractivity contribution in [1.29, 1.82) is 0 Å². The van der Waals surface area contributed by atoms with Gasteiger partial charge in [0.15, 0.2) is 5.78 Å². The van der Waals surface area contributed by atoms with Crippen LogP contribution >= 0.6 is 11.8 Å². The van der Waals surface area contributed by atoms with Crippen LogP contribution in [0.4, 0.5) is 0 Å². The number of Topliss-reactive ketones (excluding diaryl/α,β-unsaturated/α-hetero) is 1. The summed E-state index contributed by atoms with van der Waals surface area (Å²) in [6.07, 6.45) is 1.58. The molecule has 1 fully saturated rings. The minimum atomic E-state index is -1.00. The van der Waals surface area contributed by atoms with E-state index in [1.165, 1.54) is 29.7 Å². The molecule has 1 N–H and O–H groups in total. The topological polar surface area (TPSA) is 79.6 Å². The third-order valence-electron chi connectivity index (χ3n) is 3.37. The Kier molecular flexibility index (Phi) is 3.89. The number of hydrogen-bond acceptors (Lipinski definition) is 4. The zero-order valence-corrected chi connectivity index (χ0v) is 12.3. The van der Waals surface area contributed by atoms with Gasteiger partial charge in [0.2, 0.25) is 0 Å². The lowest BCUT2D eigenvalue weighted by Gasteiger charge is -2.25. The molecule has 2 atom stereocenters. The molecule has 0 spiro atoms. The fourth-order valence-electron chi connectivity index (χ4n) is 2.24. The van der Waals surface area contributed by atoms with Gasteiger partial charge in [-0.05, 0) is 19.9 Å². The standard InChI is InChI=1S/C13H16N2O4S/c1-7(16)9-4-10(14(3)5-9)12(17)15-8(2)20-6-11(15)13(18)19/h4-5,8,11H,6H2,1-3H3,(H,18,19). The number of carbonyl (C=O) groups is 3. The van der Waals surface area contributed by atoms with Crippen LogP contribution in [0.2, 0.25) is 0 Å². The lowest BCUT2D eigenvalue weighted by atomic mass is 10.2. The third kappa shape index (κ3) is 2.45. The number of aromatic nitrogens is 1. The van der Waals surface area contributed by atoms with Crippen molar-refractivity contribution in [2.45, 2.75) is 25.3 Å². The van der Waals surface area contributed by atoms with Gasteiger partial charge in [0.25, 0.3) is 5.91 Å². The molecule has 1 aliphatic rings. The van der Waals surface area contributed by atoms with E-state index in [9.17, 15) is 19.5 Å². The van der Waals surface area contributed by atoms with Crippen molar-refractivity contribution in [2.75, 3.05) is 5.75 Å². The maximum atomic E-state index is 12.5. The number of carboxylic acids is 1. The Labute approximate surface area is 120 Å². The first-order valence-electron chi connectivity index (χ1n) is 6.17.